The highest BCUT2D eigenvalue weighted by atomic mass is 19.3. The number of halogens is 2. The number of nitrogens with zero attached hydrogens (tertiary/aromatic N) is 1. The van der Waals surface area contributed by atoms with Crippen LogP contribution in [0.15, 0.2) is 71.1 Å². The number of hydrogen-bond acceptors (Lipinski definition) is 2. The topological polar surface area (TPSA) is 33.5 Å². The molecule has 34 heavy (non-hydrogen) atoms. The van der Waals surface area contributed by atoms with Crippen LogP contribution in [-0.2, 0) is 6.42 Å². The van der Waals surface area contributed by atoms with Gasteiger partial charge in [0.1, 0.15) is 11.3 Å². The minimum atomic E-state index is -2.67. The minimum Gasteiger partial charge on any atom is -0.460 e. The molecule has 1 saturated heterocycles. The Morgan fingerprint density at radius 1 is 0.912 bits per heavy atom. The molecule has 5 rings (SSSR count). The third kappa shape index (κ3) is 4.35. The molecule has 1 amide bonds. The number of aryl methyl sites for hydroxylation is 2. The molecule has 5 heteroatoms. The van der Waals surface area contributed by atoms with Crippen LogP contribution in [0.2, 0.25) is 0 Å². The van der Waals surface area contributed by atoms with Crippen molar-refractivity contribution in [3.63, 3.8) is 0 Å². The van der Waals surface area contributed by atoms with E-state index in [0.717, 1.165) is 45.4 Å². The number of hydrogen-bond donors (Lipinski definition) is 0. The summed E-state index contributed by atoms with van der Waals surface area (Å²) < 4.78 is 33.1. The Labute approximate surface area is 198 Å². The molecular formula is C29H27F2NO2. The first-order valence-corrected chi connectivity index (χ1v) is 11.7. The number of carbonyl (C=O) groups is 1. The van der Waals surface area contributed by atoms with Crippen LogP contribution in [0.3, 0.4) is 0 Å². The molecule has 2 heterocycles. The van der Waals surface area contributed by atoms with E-state index in [1.807, 2.05) is 12.1 Å². The van der Waals surface area contributed by atoms with Crippen molar-refractivity contribution in [3.05, 3.63) is 83.6 Å². The lowest BCUT2D eigenvalue weighted by atomic mass is 9.95. The lowest BCUT2D eigenvalue weighted by Crippen LogP contribution is -2.42. The van der Waals surface area contributed by atoms with E-state index in [1.54, 1.807) is 12.1 Å². The Morgan fingerprint density at radius 3 is 2.21 bits per heavy atom. The second-order valence-corrected chi connectivity index (χ2v) is 9.10. The first-order valence-electron chi connectivity index (χ1n) is 11.7. The summed E-state index contributed by atoms with van der Waals surface area (Å²) >= 11 is 0. The van der Waals surface area contributed by atoms with Crippen LogP contribution < -0.4 is 0 Å². The number of alkyl halides is 2. The van der Waals surface area contributed by atoms with Crippen LogP contribution in [0.5, 0.6) is 0 Å². The number of furan rings is 1. The Kier molecular flexibility index (Phi) is 5.72. The zero-order chi connectivity index (χ0) is 23.9. The molecule has 3 nitrogen and oxygen atoms in total. The van der Waals surface area contributed by atoms with Crippen molar-refractivity contribution in [2.45, 2.75) is 39.0 Å². The smallest absolute Gasteiger partial charge is 0.253 e. The number of rotatable bonds is 4. The normalized spacial score (nSPS) is 15.6. The van der Waals surface area contributed by atoms with Gasteiger partial charge in [-0.1, -0.05) is 48.9 Å². The van der Waals surface area contributed by atoms with Crippen LogP contribution in [-0.4, -0.2) is 29.8 Å². The standard InChI is InChI=1S/C29H27F2NO2/c1-3-25-17-24-16-23(18-26(27(24)34-25)21-6-4-19(2)5-7-21)20-8-10-22(11-9-20)28(33)32-14-12-29(30,31)13-15-32/h4-11,16-18H,3,12-15H2,1-2H3. The van der Waals surface area contributed by atoms with E-state index in [9.17, 15) is 13.6 Å². The lowest BCUT2D eigenvalue weighted by Gasteiger charge is -2.31. The van der Waals surface area contributed by atoms with Gasteiger partial charge in [-0.05, 0) is 53.9 Å². The van der Waals surface area contributed by atoms with Gasteiger partial charge >= 0.3 is 0 Å². The van der Waals surface area contributed by atoms with E-state index in [0.29, 0.717) is 5.56 Å². The second kappa shape index (κ2) is 8.71. The van der Waals surface area contributed by atoms with Crippen molar-refractivity contribution >= 4 is 16.9 Å². The van der Waals surface area contributed by atoms with Crippen molar-refractivity contribution in [3.8, 4) is 22.3 Å². The largest absolute Gasteiger partial charge is 0.460 e. The molecule has 0 saturated carbocycles. The van der Waals surface area contributed by atoms with Gasteiger partial charge in [0.15, 0.2) is 0 Å². The van der Waals surface area contributed by atoms with Gasteiger partial charge in [-0.3, -0.25) is 4.79 Å². The predicted octanol–water partition coefficient (Wildman–Crippen LogP) is 7.51. The molecule has 0 spiro atoms. The number of amides is 1. The molecule has 1 aliphatic heterocycles. The SMILES string of the molecule is CCc1cc2cc(-c3ccc(C(=O)N4CCC(F)(F)CC4)cc3)cc(-c3ccc(C)cc3)c2o1. The number of fused-ring (bicyclic) bond motifs is 1. The fourth-order valence-electron chi connectivity index (χ4n) is 4.52. The molecule has 3 aromatic carbocycles. The van der Waals surface area contributed by atoms with Gasteiger partial charge in [0.2, 0.25) is 0 Å². The predicted molar refractivity (Wildman–Crippen MR) is 131 cm³/mol. The van der Waals surface area contributed by atoms with Gasteiger partial charge in [-0.15, -0.1) is 0 Å². The fourth-order valence-corrected chi connectivity index (χ4v) is 4.52. The lowest BCUT2D eigenvalue weighted by molar-refractivity contribution is -0.0494. The van der Waals surface area contributed by atoms with E-state index in [1.165, 1.54) is 10.5 Å². The van der Waals surface area contributed by atoms with E-state index in [-0.39, 0.29) is 31.8 Å². The van der Waals surface area contributed by atoms with E-state index in [2.05, 4.69) is 56.3 Å². The maximum atomic E-state index is 13.4. The first kappa shape index (κ1) is 22.3. The average Bonchev–Trinajstić information content (AvgIpc) is 3.27. The Morgan fingerprint density at radius 2 is 1.56 bits per heavy atom. The summed E-state index contributed by atoms with van der Waals surface area (Å²) in [5.74, 6) is -1.92. The number of benzene rings is 3. The van der Waals surface area contributed by atoms with E-state index in [4.69, 9.17) is 4.42 Å². The number of carbonyl (C=O) groups excluding carboxylic acids is 1. The van der Waals surface area contributed by atoms with Gasteiger partial charge in [-0.2, -0.15) is 0 Å². The summed E-state index contributed by atoms with van der Waals surface area (Å²) in [5, 5.41) is 1.04. The molecule has 0 unspecified atom stereocenters. The van der Waals surface area contributed by atoms with Crippen LogP contribution in [0.25, 0.3) is 33.2 Å². The molecule has 1 aromatic heterocycles. The highest BCUT2D eigenvalue weighted by Crippen LogP contribution is 2.36. The van der Waals surface area contributed by atoms with Crippen LogP contribution in [0.4, 0.5) is 8.78 Å². The van der Waals surface area contributed by atoms with Crippen LogP contribution in [0, 0.1) is 6.92 Å². The third-order valence-electron chi connectivity index (χ3n) is 6.63. The number of likely N-dealkylation sites (tertiary alicyclic amines) is 1. The molecule has 1 fully saturated rings. The minimum absolute atomic E-state index is 0.0877. The van der Waals surface area contributed by atoms with Crippen molar-refractivity contribution in [2.24, 2.45) is 0 Å². The van der Waals surface area contributed by atoms with E-state index < -0.39 is 5.92 Å². The van der Waals surface area contributed by atoms with Gasteiger partial charge in [-0.25, -0.2) is 8.78 Å². The van der Waals surface area contributed by atoms with Gasteiger partial charge < -0.3 is 9.32 Å². The molecule has 0 radical (unpaired) electrons. The van der Waals surface area contributed by atoms with Crippen molar-refractivity contribution in [1.82, 2.24) is 4.90 Å². The third-order valence-corrected chi connectivity index (χ3v) is 6.63. The van der Waals surface area contributed by atoms with Crippen LogP contribution in [0.1, 0.15) is 41.4 Å². The Balaban J connectivity index is 1.48. The quantitative estimate of drug-likeness (QED) is 0.316. The molecular weight excluding hydrogens is 432 g/mol. The van der Waals surface area contributed by atoms with Gasteiger partial charge in [0, 0.05) is 48.9 Å². The van der Waals surface area contributed by atoms with Crippen molar-refractivity contribution in [1.29, 1.82) is 0 Å². The Bertz CT molecular complexity index is 1330. The maximum absolute atomic E-state index is 13.4. The van der Waals surface area contributed by atoms with Crippen LogP contribution >= 0.6 is 0 Å². The monoisotopic (exact) mass is 459 g/mol. The number of piperidine rings is 1. The summed E-state index contributed by atoms with van der Waals surface area (Å²) in [4.78, 5) is 14.3. The second-order valence-electron chi connectivity index (χ2n) is 9.10. The average molecular weight is 460 g/mol. The van der Waals surface area contributed by atoms with Gasteiger partial charge in [0.05, 0.1) is 0 Å². The molecule has 1 aliphatic rings. The fraction of sp³-hybridized carbons (Fsp3) is 0.276. The Hall–Kier alpha value is -3.47. The van der Waals surface area contributed by atoms with Crippen molar-refractivity contribution < 1.29 is 18.0 Å². The summed E-state index contributed by atoms with van der Waals surface area (Å²) in [6.45, 7) is 4.31. The molecule has 0 atom stereocenters. The summed E-state index contributed by atoms with van der Waals surface area (Å²) in [5.41, 5.74) is 6.72. The molecule has 4 aromatic rings. The first-order chi connectivity index (χ1) is 16.3. The summed E-state index contributed by atoms with van der Waals surface area (Å²) in [6.07, 6.45) is 0.267. The molecule has 174 valence electrons. The highest BCUT2D eigenvalue weighted by molar-refractivity contribution is 5.98. The molecule has 0 aliphatic carbocycles. The molecule has 0 N–H and O–H groups in total. The van der Waals surface area contributed by atoms with E-state index >= 15 is 0 Å². The zero-order valence-corrected chi connectivity index (χ0v) is 19.4. The summed E-state index contributed by atoms with van der Waals surface area (Å²) in [7, 11) is 0. The summed E-state index contributed by atoms with van der Waals surface area (Å²) in [6, 6.07) is 22.1. The molecule has 0 bridgehead atoms. The zero-order valence-electron chi connectivity index (χ0n) is 19.4. The highest BCUT2D eigenvalue weighted by Gasteiger charge is 2.35. The van der Waals surface area contributed by atoms with Crippen molar-refractivity contribution in [2.75, 3.05) is 13.1 Å². The maximum Gasteiger partial charge on any atom is 0.253 e. The van der Waals surface area contributed by atoms with Gasteiger partial charge in [0.25, 0.3) is 11.8 Å².